The largest absolute Gasteiger partial charge is 0.326 e. The second kappa shape index (κ2) is 6.01. The van der Waals surface area contributed by atoms with E-state index in [4.69, 9.17) is 5.73 Å². The van der Waals surface area contributed by atoms with Crippen LogP contribution in [0.4, 0.5) is 4.39 Å². The van der Waals surface area contributed by atoms with E-state index in [1.807, 2.05) is 0 Å². The van der Waals surface area contributed by atoms with Crippen LogP contribution < -0.4 is 5.73 Å². The summed E-state index contributed by atoms with van der Waals surface area (Å²) in [5.74, 6) is -0.256. The third-order valence-corrected chi connectivity index (χ3v) is 5.45. The fraction of sp³-hybridized carbons (Fsp3) is 0.571. The number of benzene rings is 1. The van der Waals surface area contributed by atoms with Gasteiger partial charge >= 0.3 is 0 Å². The van der Waals surface area contributed by atoms with E-state index in [1.54, 1.807) is 12.1 Å². The molecule has 1 aliphatic rings. The number of nitrogens with two attached hydrogens (primary N) is 1. The Balaban J connectivity index is 2.11. The van der Waals surface area contributed by atoms with Crippen LogP contribution in [0.25, 0.3) is 0 Å². The van der Waals surface area contributed by atoms with Crippen molar-refractivity contribution < 1.29 is 12.8 Å². The molecule has 0 unspecified atom stereocenters. The quantitative estimate of drug-likeness (QED) is 0.903. The van der Waals surface area contributed by atoms with Crippen LogP contribution in [0.1, 0.15) is 36.8 Å². The highest BCUT2D eigenvalue weighted by atomic mass is 32.2. The summed E-state index contributed by atoms with van der Waals surface area (Å²) < 4.78 is 38.2. The standard InChI is InChI=1S/C14H20FNO2S/c15-14-12(8-16)6-3-7-13(14)10-19(17,18)9-11-4-1-2-5-11/h3,6-7,11H,1-2,4-5,8-10,16H2. The lowest BCUT2D eigenvalue weighted by Crippen LogP contribution is -2.17. The summed E-state index contributed by atoms with van der Waals surface area (Å²) >= 11 is 0. The van der Waals surface area contributed by atoms with E-state index in [2.05, 4.69) is 0 Å². The predicted molar refractivity (Wildman–Crippen MR) is 73.7 cm³/mol. The van der Waals surface area contributed by atoms with Crippen molar-refractivity contribution in [3.05, 3.63) is 35.1 Å². The van der Waals surface area contributed by atoms with Crippen molar-refractivity contribution in [2.24, 2.45) is 11.7 Å². The van der Waals surface area contributed by atoms with E-state index in [-0.39, 0.29) is 29.5 Å². The van der Waals surface area contributed by atoms with Crippen LogP contribution in [0.3, 0.4) is 0 Å². The molecule has 0 heterocycles. The first-order valence-corrected chi connectivity index (χ1v) is 8.51. The lowest BCUT2D eigenvalue weighted by molar-refractivity contribution is 0.554. The predicted octanol–water partition coefficient (Wildman–Crippen LogP) is 2.39. The minimum atomic E-state index is -3.25. The fourth-order valence-corrected chi connectivity index (χ4v) is 4.60. The van der Waals surface area contributed by atoms with Gasteiger partial charge < -0.3 is 5.73 Å². The van der Waals surface area contributed by atoms with Gasteiger partial charge in [0.05, 0.1) is 11.5 Å². The maximum atomic E-state index is 14.0. The van der Waals surface area contributed by atoms with E-state index in [0.717, 1.165) is 25.7 Å². The average Bonchev–Trinajstić information content (AvgIpc) is 2.83. The summed E-state index contributed by atoms with van der Waals surface area (Å²) in [6.45, 7) is 0.0857. The normalized spacial score (nSPS) is 16.9. The number of hydrogen-bond acceptors (Lipinski definition) is 3. The lowest BCUT2D eigenvalue weighted by atomic mass is 10.1. The van der Waals surface area contributed by atoms with Gasteiger partial charge in [-0.3, -0.25) is 0 Å². The molecule has 3 nitrogen and oxygen atoms in total. The molecule has 2 N–H and O–H groups in total. The Morgan fingerprint density at radius 1 is 1.21 bits per heavy atom. The maximum Gasteiger partial charge on any atom is 0.154 e. The van der Waals surface area contributed by atoms with Crippen LogP contribution in [0, 0.1) is 11.7 Å². The third-order valence-electron chi connectivity index (χ3n) is 3.72. The highest BCUT2D eigenvalue weighted by molar-refractivity contribution is 7.90. The Kier molecular flexibility index (Phi) is 4.58. The van der Waals surface area contributed by atoms with E-state index in [1.165, 1.54) is 6.07 Å². The molecule has 1 saturated carbocycles. The number of halogens is 1. The van der Waals surface area contributed by atoms with Crippen molar-refractivity contribution in [1.29, 1.82) is 0 Å². The molecule has 106 valence electrons. The first-order valence-electron chi connectivity index (χ1n) is 6.68. The first kappa shape index (κ1) is 14.5. The zero-order valence-electron chi connectivity index (χ0n) is 10.9. The zero-order chi connectivity index (χ0) is 13.9. The Morgan fingerprint density at radius 3 is 2.47 bits per heavy atom. The molecular weight excluding hydrogens is 265 g/mol. The molecule has 0 amide bonds. The Labute approximate surface area is 113 Å². The minimum Gasteiger partial charge on any atom is -0.326 e. The summed E-state index contributed by atoms with van der Waals surface area (Å²) in [4.78, 5) is 0. The van der Waals surface area contributed by atoms with Gasteiger partial charge in [0.1, 0.15) is 5.82 Å². The van der Waals surface area contributed by atoms with E-state index >= 15 is 0 Å². The van der Waals surface area contributed by atoms with Gasteiger partial charge in [-0.1, -0.05) is 31.0 Å². The third kappa shape index (κ3) is 3.76. The molecule has 2 rings (SSSR count). The number of rotatable bonds is 5. The van der Waals surface area contributed by atoms with Gasteiger partial charge in [0.25, 0.3) is 0 Å². The Hall–Kier alpha value is -0.940. The average molecular weight is 285 g/mol. The minimum absolute atomic E-state index is 0.0857. The molecule has 1 aromatic rings. The van der Waals surface area contributed by atoms with Gasteiger partial charge in [-0.15, -0.1) is 0 Å². The molecule has 5 heteroatoms. The molecule has 1 fully saturated rings. The van der Waals surface area contributed by atoms with Crippen LogP contribution in [0.15, 0.2) is 18.2 Å². The van der Waals surface area contributed by atoms with Crippen molar-refractivity contribution in [3.63, 3.8) is 0 Å². The van der Waals surface area contributed by atoms with Crippen molar-refractivity contribution in [2.75, 3.05) is 5.75 Å². The number of hydrogen-bond donors (Lipinski definition) is 1. The Morgan fingerprint density at radius 2 is 1.84 bits per heavy atom. The molecule has 0 aliphatic heterocycles. The van der Waals surface area contributed by atoms with Gasteiger partial charge in [0.2, 0.25) is 0 Å². The molecule has 0 spiro atoms. The highest BCUT2D eigenvalue weighted by Crippen LogP contribution is 2.27. The molecule has 0 bridgehead atoms. The van der Waals surface area contributed by atoms with Crippen LogP contribution in [0.5, 0.6) is 0 Å². The highest BCUT2D eigenvalue weighted by Gasteiger charge is 2.24. The van der Waals surface area contributed by atoms with Crippen molar-refractivity contribution in [1.82, 2.24) is 0 Å². The smallest absolute Gasteiger partial charge is 0.154 e. The van der Waals surface area contributed by atoms with Crippen LogP contribution >= 0.6 is 0 Å². The van der Waals surface area contributed by atoms with Crippen LogP contribution in [0.2, 0.25) is 0 Å². The fourth-order valence-electron chi connectivity index (χ4n) is 2.73. The second-order valence-corrected chi connectivity index (χ2v) is 7.41. The lowest BCUT2D eigenvalue weighted by Gasteiger charge is -2.11. The van der Waals surface area contributed by atoms with Crippen LogP contribution in [-0.4, -0.2) is 14.2 Å². The first-order chi connectivity index (χ1) is 9.02. The van der Waals surface area contributed by atoms with Crippen molar-refractivity contribution >= 4 is 9.84 Å². The van der Waals surface area contributed by atoms with E-state index < -0.39 is 15.7 Å². The van der Waals surface area contributed by atoms with Gasteiger partial charge in [0, 0.05) is 17.7 Å². The molecule has 1 aliphatic carbocycles. The van der Waals surface area contributed by atoms with E-state index in [0.29, 0.717) is 5.56 Å². The Bertz CT molecular complexity index is 536. The van der Waals surface area contributed by atoms with Gasteiger partial charge in [-0.25, -0.2) is 12.8 Å². The van der Waals surface area contributed by atoms with Gasteiger partial charge in [-0.05, 0) is 18.8 Å². The number of sulfone groups is 1. The van der Waals surface area contributed by atoms with Crippen molar-refractivity contribution in [2.45, 2.75) is 38.0 Å². The molecule has 0 aromatic heterocycles. The molecule has 0 radical (unpaired) electrons. The van der Waals surface area contributed by atoms with Crippen molar-refractivity contribution in [3.8, 4) is 0 Å². The topological polar surface area (TPSA) is 60.2 Å². The molecule has 0 atom stereocenters. The molecule has 19 heavy (non-hydrogen) atoms. The molecular formula is C14H20FNO2S. The summed E-state index contributed by atoms with van der Waals surface area (Å²) in [6, 6.07) is 4.77. The van der Waals surface area contributed by atoms with E-state index in [9.17, 15) is 12.8 Å². The van der Waals surface area contributed by atoms with Crippen LogP contribution in [-0.2, 0) is 22.1 Å². The summed E-state index contributed by atoms with van der Waals surface area (Å²) in [5, 5.41) is 0. The summed E-state index contributed by atoms with van der Waals surface area (Å²) in [6.07, 6.45) is 4.17. The SMILES string of the molecule is NCc1cccc(CS(=O)(=O)CC2CCCC2)c1F. The van der Waals surface area contributed by atoms with Gasteiger partial charge in [-0.2, -0.15) is 0 Å². The zero-order valence-corrected chi connectivity index (χ0v) is 11.8. The summed E-state index contributed by atoms with van der Waals surface area (Å²) in [5.41, 5.74) is 6.03. The maximum absolute atomic E-state index is 14.0. The molecule has 1 aromatic carbocycles. The second-order valence-electron chi connectivity index (χ2n) is 5.30. The van der Waals surface area contributed by atoms with Gasteiger partial charge in [0.15, 0.2) is 9.84 Å². The molecule has 0 saturated heterocycles. The monoisotopic (exact) mass is 285 g/mol. The summed E-state index contributed by atoms with van der Waals surface area (Å²) in [7, 11) is -3.25.